The van der Waals surface area contributed by atoms with E-state index in [1.165, 1.54) is 24.3 Å². The van der Waals surface area contributed by atoms with E-state index in [0.29, 0.717) is 18.7 Å². The number of para-hydroxylation sites is 1. The van der Waals surface area contributed by atoms with Crippen molar-refractivity contribution in [3.63, 3.8) is 0 Å². The van der Waals surface area contributed by atoms with Gasteiger partial charge in [0.15, 0.2) is 0 Å². The number of carbonyl (C=O) groups is 3. The van der Waals surface area contributed by atoms with Crippen molar-refractivity contribution in [3.8, 4) is 0 Å². The Bertz CT molecular complexity index is 1230. The van der Waals surface area contributed by atoms with Gasteiger partial charge in [-0.2, -0.15) is 0 Å². The molecular weight excluding hydrogens is 455 g/mol. The fourth-order valence-corrected chi connectivity index (χ4v) is 5.94. The van der Waals surface area contributed by atoms with E-state index >= 15 is 0 Å². The maximum Gasteiger partial charge on any atom is 0.325 e. The van der Waals surface area contributed by atoms with Crippen LogP contribution in [0.4, 0.5) is 9.18 Å². The van der Waals surface area contributed by atoms with E-state index in [1.807, 2.05) is 24.3 Å². The number of rotatable bonds is 5. The Morgan fingerprint density at radius 2 is 1.97 bits per heavy atom. The molecule has 0 aliphatic carbocycles. The first-order valence-corrected chi connectivity index (χ1v) is 12.3. The lowest BCUT2D eigenvalue weighted by atomic mass is 9.87. The zero-order chi connectivity index (χ0) is 23.9. The number of nitrogens with zero attached hydrogens (tertiary/aromatic N) is 3. The van der Waals surface area contributed by atoms with Gasteiger partial charge in [0.25, 0.3) is 5.91 Å². The zero-order valence-corrected chi connectivity index (χ0v) is 19.6. The normalized spacial score (nSPS) is 22.9. The van der Waals surface area contributed by atoms with E-state index in [0.717, 1.165) is 33.0 Å². The van der Waals surface area contributed by atoms with Crippen molar-refractivity contribution in [2.24, 2.45) is 0 Å². The Labute approximate surface area is 200 Å². The molecule has 7 nitrogen and oxygen atoms in total. The van der Waals surface area contributed by atoms with Crippen molar-refractivity contribution < 1.29 is 18.8 Å². The quantitative estimate of drug-likeness (QED) is 0.560. The smallest absolute Gasteiger partial charge is 0.325 e. The van der Waals surface area contributed by atoms with Gasteiger partial charge in [0.05, 0.1) is 15.2 Å². The Balaban J connectivity index is 1.31. The summed E-state index contributed by atoms with van der Waals surface area (Å²) in [4.78, 5) is 46.7. The fourth-order valence-electron chi connectivity index (χ4n) is 4.85. The van der Waals surface area contributed by atoms with Gasteiger partial charge in [-0.1, -0.05) is 31.2 Å². The molecule has 2 aliphatic heterocycles. The van der Waals surface area contributed by atoms with Gasteiger partial charge in [-0.05, 0) is 49.1 Å². The van der Waals surface area contributed by atoms with Crippen LogP contribution in [0.1, 0.15) is 42.7 Å². The largest absolute Gasteiger partial charge is 0.340 e. The number of halogens is 1. The topological polar surface area (TPSA) is 82.6 Å². The number of fused-ring (bicyclic) bond motifs is 1. The molecule has 2 aliphatic rings. The maximum absolute atomic E-state index is 13.4. The molecule has 2 aromatic carbocycles. The van der Waals surface area contributed by atoms with Crippen LogP contribution in [0.5, 0.6) is 0 Å². The zero-order valence-electron chi connectivity index (χ0n) is 18.8. The summed E-state index contributed by atoms with van der Waals surface area (Å²) in [6.07, 6.45) is 2.06. The molecule has 0 radical (unpaired) electrons. The molecule has 0 bridgehead atoms. The molecule has 9 heteroatoms. The summed E-state index contributed by atoms with van der Waals surface area (Å²) >= 11 is 1.65. The van der Waals surface area contributed by atoms with Crippen LogP contribution in [0.2, 0.25) is 0 Å². The summed E-state index contributed by atoms with van der Waals surface area (Å²) in [6, 6.07) is 12.9. The van der Waals surface area contributed by atoms with Gasteiger partial charge in [-0.3, -0.25) is 14.5 Å². The molecule has 2 atom stereocenters. The van der Waals surface area contributed by atoms with Gasteiger partial charge in [0.1, 0.15) is 17.9 Å². The van der Waals surface area contributed by atoms with Crippen molar-refractivity contribution in [1.82, 2.24) is 20.1 Å². The number of hydrogen-bond acceptors (Lipinski definition) is 5. The van der Waals surface area contributed by atoms with E-state index in [-0.39, 0.29) is 24.8 Å². The third kappa shape index (κ3) is 3.83. The van der Waals surface area contributed by atoms with Gasteiger partial charge in [-0.15, -0.1) is 11.3 Å². The standard InChI is InChI=1S/C25H25FN4O3S/c1-2-25(17-9-11-18(26)12-10-17)23(32)30(24(33)28-25)15-21(31)29-13-5-6-16(14-29)22-27-19-7-3-4-8-20(19)34-22/h3-4,7-12,16H,2,5-6,13-15H2,1H3,(H,28,33)/t16-,25+/m0/s1. The number of piperidine rings is 1. The Morgan fingerprint density at radius 3 is 2.71 bits per heavy atom. The molecular formula is C25H25FN4O3S. The summed E-state index contributed by atoms with van der Waals surface area (Å²) in [5.74, 6) is -1.04. The SMILES string of the molecule is CC[C@]1(c2ccc(F)cc2)NC(=O)N(CC(=O)N2CCC[C@H](c3nc4ccccc4s3)C2)C1=O. The molecule has 34 heavy (non-hydrogen) atoms. The second kappa shape index (κ2) is 8.79. The number of hydrogen-bond donors (Lipinski definition) is 1. The monoisotopic (exact) mass is 480 g/mol. The van der Waals surface area contributed by atoms with Gasteiger partial charge in [0, 0.05) is 19.0 Å². The van der Waals surface area contributed by atoms with Crippen LogP contribution >= 0.6 is 11.3 Å². The first kappa shape index (κ1) is 22.5. The molecule has 176 valence electrons. The third-order valence-electron chi connectivity index (χ3n) is 6.77. The van der Waals surface area contributed by atoms with E-state index in [4.69, 9.17) is 4.98 Å². The molecule has 0 saturated carbocycles. The number of imide groups is 1. The second-order valence-corrected chi connectivity index (χ2v) is 9.85. The van der Waals surface area contributed by atoms with Crippen molar-refractivity contribution in [2.75, 3.05) is 19.6 Å². The minimum absolute atomic E-state index is 0.132. The number of aromatic nitrogens is 1. The Hall–Kier alpha value is -3.33. The Kier molecular flexibility index (Phi) is 5.81. The van der Waals surface area contributed by atoms with Gasteiger partial charge < -0.3 is 10.2 Å². The van der Waals surface area contributed by atoms with Crippen molar-refractivity contribution >= 4 is 39.4 Å². The third-order valence-corrected chi connectivity index (χ3v) is 7.97. The van der Waals surface area contributed by atoms with Crippen molar-refractivity contribution in [3.05, 3.63) is 64.9 Å². The first-order chi connectivity index (χ1) is 16.4. The maximum atomic E-state index is 13.4. The van der Waals surface area contributed by atoms with Crippen LogP contribution in [-0.4, -0.2) is 52.3 Å². The lowest BCUT2D eigenvalue weighted by molar-refractivity contribution is -0.140. The van der Waals surface area contributed by atoms with Crippen LogP contribution in [0.3, 0.4) is 0 Å². The van der Waals surface area contributed by atoms with Crippen molar-refractivity contribution in [2.45, 2.75) is 37.6 Å². The molecule has 5 rings (SSSR count). The summed E-state index contributed by atoms with van der Waals surface area (Å²) in [6.45, 7) is 2.56. The fraction of sp³-hybridized carbons (Fsp3) is 0.360. The van der Waals surface area contributed by atoms with E-state index < -0.39 is 23.3 Å². The first-order valence-electron chi connectivity index (χ1n) is 11.4. The molecule has 1 N–H and O–H groups in total. The highest BCUT2D eigenvalue weighted by Gasteiger charge is 2.52. The molecule has 3 aromatic rings. The highest BCUT2D eigenvalue weighted by molar-refractivity contribution is 7.18. The van der Waals surface area contributed by atoms with Crippen LogP contribution in [-0.2, 0) is 15.1 Å². The predicted molar refractivity (Wildman–Crippen MR) is 127 cm³/mol. The highest BCUT2D eigenvalue weighted by atomic mass is 32.1. The molecule has 2 saturated heterocycles. The van der Waals surface area contributed by atoms with E-state index in [1.54, 1.807) is 23.2 Å². The van der Waals surface area contributed by atoms with E-state index in [2.05, 4.69) is 5.32 Å². The minimum atomic E-state index is -1.30. The van der Waals surface area contributed by atoms with Gasteiger partial charge in [0.2, 0.25) is 5.91 Å². The van der Waals surface area contributed by atoms with Crippen molar-refractivity contribution in [1.29, 1.82) is 0 Å². The summed E-state index contributed by atoms with van der Waals surface area (Å²) in [7, 11) is 0. The summed E-state index contributed by atoms with van der Waals surface area (Å²) in [5.41, 5.74) is 0.164. The molecule has 4 amide bonds. The molecule has 3 heterocycles. The molecule has 0 spiro atoms. The number of carbonyl (C=O) groups excluding carboxylic acids is 3. The van der Waals surface area contributed by atoms with Crippen LogP contribution in [0, 0.1) is 5.82 Å². The number of amides is 4. The van der Waals surface area contributed by atoms with Gasteiger partial charge >= 0.3 is 6.03 Å². The average molecular weight is 481 g/mol. The van der Waals surface area contributed by atoms with Crippen LogP contribution in [0.15, 0.2) is 48.5 Å². The summed E-state index contributed by atoms with van der Waals surface area (Å²) < 4.78 is 14.5. The molecule has 2 fully saturated rings. The predicted octanol–water partition coefficient (Wildman–Crippen LogP) is 4.00. The van der Waals surface area contributed by atoms with E-state index in [9.17, 15) is 18.8 Å². The number of likely N-dealkylation sites (tertiary alicyclic amines) is 1. The van der Waals surface area contributed by atoms with Crippen LogP contribution < -0.4 is 5.32 Å². The van der Waals surface area contributed by atoms with Gasteiger partial charge in [-0.25, -0.2) is 14.2 Å². The minimum Gasteiger partial charge on any atom is -0.340 e. The lowest BCUT2D eigenvalue weighted by Crippen LogP contribution is -2.47. The average Bonchev–Trinajstić information content (AvgIpc) is 3.40. The number of nitrogens with one attached hydrogen (secondary N) is 1. The highest BCUT2D eigenvalue weighted by Crippen LogP contribution is 2.34. The number of benzene rings is 2. The lowest BCUT2D eigenvalue weighted by Gasteiger charge is -2.32. The Morgan fingerprint density at radius 1 is 1.21 bits per heavy atom. The second-order valence-electron chi connectivity index (χ2n) is 8.79. The number of urea groups is 1. The van der Waals surface area contributed by atoms with Crippen LogP contribution in [0.25, 0.3) is 10.2 Å². The summed E-state index contributed by atoms with van der Waals surface area (Å²) in [5, 5.41) is 3.76. The molecule has 1 aromatic heterocycles. The number of thiazole rings is 1. The molecule has 0 unspecified atom stereocenters.